The topological polar surface area (TPSA) is 47.6 Å². The Morgan fingerprint density at radius 2 is 1.92 bits per heavy atom. The van der Waals surface area contributed by atoms with Gasteiger partial charge >= 0.3 is 5.97 Å². The lowest BCUT2D eigenvalue weighted by Gasteiger charge is -2.39. The molecule has 1 aliphatic heterocycles. The molecule has 3 atom stereocenters. The Hall–Kier alpha value is -2.75. The molecule has 134 valence electrons. The van der Waals surface area contributed by atoms with Crippen molar-refractivity contribution in [3.63, 3.8) is 0 Å². The number of ether oxygens (including phenoxy) is 2. The molecular formula is C22H23NO3. The fraction of sp³-hybridized carbons (Fsp3) is 0.318. The van der Waals surface area contributed by atoms with Crippen molar-refractivity contribution in [1.82, 2.24) is 0 Å². The maximum atomic E-state index is 12.1. The molecule has 0 saturated heterocycles. The Morgan fingerprint density at radius 1 is 1.12 bits per heavy atom. The summed E-state index contributed by atoms with van der Waals surface area (Å²) in [5.74, 6) is 1.36. The van der Waals surface area contributed by atoms with Gasteiger partial charge in [-0.05, 0) is 42.5 Å². The van der Waals surface area contributed by atoms with E-state index in [9.17, 15) is 4.79 Å². The highest BCUT2D eigenvalue weighted by molar-refractivity contribution is 5.93. The number of hydrogen-bond donors (Lipinski definition) is 1. The van der Waals surface area contributed by atoms with Gasteiger partial charge in [-0.2, -0.15) is 0 Å². The van der Waals surface area contributed by atoms with Gasteiger partial charge in [0.25, 0.3) is 0 Å². The summed E-state index contributed by atoms with van der Waals surface area (Å²) in [6.45, 7) is 1.98. The van der Waals surface area contributed by atoms with Crippen LogP contribution in [0.3, 0.4) is 0 Å². The van der Waals surface area contributed by atoms with Crippen molar-refractivity contribution in [3.05, 3.63) is 70.8 Å². The highest BCUT2D eigenvalue weighted by Gasteiger charge is 2.39. The molecule has 1 aliphatic carbocycles. The first-order chi connectivity index (χ1) is 12.7. The highest BCUT2D eigenvalue weighted by atomic mass is 16.5. The minimum atomic E-state index is -0.301. The Bertz CT molecular complexity index is 887. The number of nitrogens with one attached hydrogen (secondary N) is 1. The van der Waals surface area contributed by atoms with Gasteiger partial charge < -0.3 is 14.8 Å². The van der Waals surface area contributed by atoms with Crippen molar-refractivity contribution in [2.45, 2.75) is 25.3 Å². The van der Waals surface area contributed by atoms with E-state index in [1.165, 1.54) is 12.7 Å². The number of para-hydroxylation sites is 1. The molecule has 1 heterocycles. The molecule has 0 saturated carbocycles. The number of methoxy groups -OCH3 is 2. The van der Waals surface area contributed by atoms with E-state index in [1.54, 1.807) is 7.11 Å². The smallest absolute Gasteiger partial charge is 0.338 e. The largest absolute Gasteiger partial charge is 0.496 e. The fourth-order valence-electron chi connectivity index (χ4n) is 4.38. The van der Waals surface area contributed by atoms with E-state index in [1.807, 2.05) is 31.2 Å². The maximum Gasteiger partial charge on any atom is 0.338 e. The predicted octanol–water partition coefficient (Wildman–Crippen LogP) is 4.62. The number of carbonyl (C=O) groups excluding carboxylic acids is 1. The first kappa shape index (κ1) is 16.7. The molecule has 4 heteroatoms. The van der Waals surface area contributed by atoms with E-state index in [-0.39, 0.29) is 12.0 Å². The van der Waals surface area contributed by atoms with E-state index in [0.717, 1.165) is 29.0 Å². The van der Waals surface area contributed by atoms with Crippen LogP contribution in [0, 0.1) is 12.8 Å². The van der Waals surface area contributed by atoms with Gasteiger partial charge in [0.15, 0.2) is 0 Å². The van der Waals surface area contributed by atoms with Crippen LogP contribution in [0.25, 0.3) is 0 Å². The second kappa shape index (κ2) is 6.52. The van der Waals surface area contributed by atoms with Crippen molar-refractivity contribution >= 4 is 11.7 Å². The molecule has 0 radical (unpaired) electrons. The zero-order chi connectivity index (χ0) is 18.3. The van der Waals surface area contributed by atoms with Gasteiger partial charge in [-0.25, -0.2) is 4.79 Å². The van der Waals surface area contributed by atoms with Gasteiger partial charge in [0, 0.05) is 17.2 Å². The third kappa shape index (κ3) is 2.48. The van der Waals surface area contributed by atoms with Crippen molar-refractivity contribution in [2.75, 3.05) is 19.5 Å². The molecule has 26 heavy (non-hydrogen) atoms. The molecule has 0 spiro atoms. The molecule has 0 aromatic heterocycles. The lowest BCUT2D eigenvalue weighted by atomic mass is 9.75. The Kier molecular flexibility index (Phi) is 4.19. The van der Waals surface area contributed by atoms with Crippen molar-refractivity contribution in [2.24, 2.45) is 5.92 Å². The lowest BCUT2D eigenvalue weighted by molar-refractivity contribution is 0.0600. The standard InChI is InChI=1S/C22H23NO3/c1-13-14(22(24)26-3)11-12-17-15-8-6-9-16(15)21(23-20(13)17)18-7-4-5-10-19(18)25-2/h4-8,10-12,15-16,21,23H,9H2,1-3H3/t15-,16+,21+/m1/s1. The van der Waals surface area contributed by atoms with E-state index in [0.29, 0.717) is 17.4 Å². The van der Waals surface area contributed by atoms with Crippen molar-refractivity contribution < 1.29 is 14.3 Å². The van der Waals surface area contributed by atoms with Gasteiger partial charge in [-0.3, -0.25) is 0 Å². The Balaban J connectivity index is 1.84. The number of fused-ring (bicyclic) bond motifs is 3. The molecular weight excluding hydrogens is 326 g/mol. The molecule has 0 amide bonds. The van der Waals surface area contributed by atoms with Crippen LogP contribution >= 0.6 is 0 Å². The minimum absolute atomic E-state index is 0.130. The molecule has 2 aliphatic rings. The average Bonchev–Trinajstić information content (AvgIpc) is 3.17. The summed E-state index contributed by atoms with van der Waals surface area (Å²) in [5, 5.41) is 3.72. The summed E-state index contributed by atoms with van der Waals surface area (Å²) in [4.78, 5) is 12.1. The zero-order valence-corrected chi connectivity index (χ0v) is 15.3. The summed E-state index contributed by atoms with van der Waals surface area (Å²) in [6, 6.07) is 12.2. The summed E-state index contributed by atoms with van der Waals surface area (Å²) >= 11 is 0. The fourth-order valence-corrected chi connectivity index (χ4v) is 4.38. The van der Waals surface area contributed by atoms with Crippen LogP contribution in [0.5, 0.6) is 5.75 Å². The number of anilines is 1. The molecule has 4 rings (SSSR count). The summed E-state index contributed by atoms with van der Waals surface area (Å²) in [5.41, 5.74) is 4.99. The second-order valence-corrected chi connectivity index (χ2v) is 6.91. The van der Waals surface area contributed by atoms with Crippen LogP contribution in [-0.4, -0.2) is 20.2 Å². The maximum absolute atomic E-state index is 12.1. The first-order valence-corrected chi connectivity index (χ1v) is 8.93. The molecule has 0 unspecified atom stereocenters. The summed E-state index contributed by atoms with van der Waals surface area (Å²) < 4.78 is 10.6. The lowest BCUT2D eigenvalue weighted by Crippen LogP contribution is -2.30. The van der Waals surface area contributed by atoms with E-state index in [4.69, 9.17) is 9.47 Å². The van der Waals surface area contributed by atoms with Crippen LogP contribution in [-0.2, 0) is 4.74 Å². The first-order valence-electron chi connectivity index (χ1n) is 8.93. The van der Waals surface area contributed by atoms with Crippen LogP contribution < -0.4 is 10.1 Å². The van der Waals surface area contributed by atoms with Crippen molar-refractivity contribution in [1.29, 1.82) is 0 Å². The van der Waals surface area contributed by atoms with Crippen LogP contribution in [0.4, 0.5) is 5.69 Å². The van der Waals surface area contributed by atoms with Gasteiger partial charge in [0.1, 0.15) is 5.75 Å². The van der Waals surface area contributed by atoms with E-state index >= 15 is 0 Å². The third-order valence-electron chi connectivity index (χ3n) is 5.68. The van der Waals surface area contributed by atoms with E-state index in [2.05, 4.69) is 29.6 Å². The van der Waals surface area contributed by atoms with Gasteiger partial charge in [-0.15, -0.1) is 0 Å². The Morgan fingerprint density at radius 3 is 2.69 bits per heavy atom. The second-order valence-electron chi connectivity index (χ2n) is 6.91. The molecule has 0 bridgehead atoms. The van der Waals surface area contributed by atoms with Crippen molar-refractivity contribution in [3.8, 4) is 5.75 Å². The predicted molar refractivity (Wildman–Crippen MR) is 102 cm³/mol. The van der Waals surface area contributed by atoms with Gasteiger partial charge in [-0.1, -0.05) is 36.4 Å². The zero-order valence-electron chi connectivity index (χ0n) is 15.3. The van der Waals surface area contributed by atoms with E-state index < -0.39 is 0 Å². The minimum Gasteiger partial charge on any atom is -0.496 e. The number of carbonyl (C=O) groups is 1. The molecule has 4 nitrogen and oxygen atoms in total. The van der Waals surface area contributed by atoms with Gasteiger partial charge in [0.05, 0.1) is 25.8 Å². The molecule has 0 fully saturated rings. The number of rotatable bonds is 3. The van der Waals surface area contributed by atoms with Crippen LogP contribution in [0.15, 0.2) is 48.6 Å². The summed E-state index contributed by atoms with van der Waals surface area (Å²) in [6.07, 6.45) is 5.58. The SMILES string of the molecule is COC(=O)c1ccc2c(c1C)N[C@H](c1ccccc1OC)[C@H]1CC=C[C@@H]21. The number of hydrogen-bond acceptors (Lipinski definition) is 4. The molecule has 2 aromatic carbocycles. The molecule has 1 N–H and O–H groups in total. The quantitative estimate of drug-likeness (QED) is 0.649. The highest BCUT2D eigenvalue weighted by Crippen LogP contribution is 2.52. The number of esters is 1. The Labute approximate surface area is 153 Å². The van der Waals surface area contributed by atoms with Crippen LogP contribution in [0.2, 0.25) is 0 Å². The summed E-state index contributed by atoms with van der Waals surface area (Å²) in [7, 11) is 3.13. The molecule has 2 aromatic rings. The normalized spacial score (nSPS) is 23.0. The third-order valence-corrected chi connectivity index (χ3v) is 5.68. The van der Waals surface area contributed by atoms with Gasteiger partial charge in [0.2, 0.25) is 0 Å². The average molecular weight is 349 g/mol. The monoisotopic (exact) mass is 349 g/mol. The van der Waals surface area contributed by atoms with Crippen LogP contribution in [0.1, 0.15) is 45.4 Å². The number of benzene rings is 2. The number of allylic oxidation sites excluding steroid dienone is 2.